The molecule has 1 saturated heterocycles. The lowest BCUT2D eigenvalue weighted by Gasteiger charge is -2.40. The normalized spacial score (nSPS) is 22.3. The number of hydrogen-bond acceptors (Lipinski definition) is 4. The van der Waals surface area contributed by atoms with Gasteiger partial charge in [0.2, 0.25) is 5.91 Å². The molecule has 1 radical (unpaired) electrons. The van der Waals surface area contributed by atoms with Crippen molar-refractivity contribution in [3.05, 3.63) is 23.9 Å². The van der Waals surface area contributed by atoms with Crippen LogP contribution in [0.5, 0.6) is 0 Å². The molecule has 1 unspecified atom stereocenters. The summed E-state index contributed by atoms with van der Waals surface area (Å²) in [6.45, 7) is 3.80. The smallest absolute Gasteiger partial charge is 0.265 e. The third-order valence-electron chi connectivity index (χ3n) is 3.80. The predicted molar refractivity (Wildman–Crippen MR) is 79.7 cm³/mol. The van der Waals surface area contributed by atoms with E-state index in [9.17, 15) is 9.59 Å². The number of carbonyl (C=O) groups excluding carboxylic acids is 2. The molecular weight excluding hydrogens is 268 g/mol. The van der Waals surface area contributed by atoms with Gasteiger partial charge in [-0.3, -0.25) is 9.59 Å². The molecule has 0 spiro atoms. The molecule has 0 aromatic heterocycles. The van der Waals surface area contributed by atoms with Crippen LogP contribution in [-0.4, -0.2) is 42.0 Å². The van der Waals surface area contributed by atoms with Crippen LogP contribution in [0, 0.1) is 6.08 Å². The monoisotopic (exact) mass is 291 g/mol. The van der Waals surface area contributed by atoms with Gasteiger partial charge >= 0.3 is 0 Å². The summed E-state index contributed by atoms with van der Waals surface area (Å²) < 4.78 is 0. The lowest BCUT2D eigenvalue weighted by molar-refractivity contribution is -0.136. The van der Waals surface area contributed by atoms with Crippen LogP contribution in [0.4, 0.5) is 0 Å². The summed E-state index contributed by atoms with van der Waals surface area (Å²) in [5.41, 5.74) is 5.52. The number of dihydropyridines is 1. The van der Waals surface area contributed by atoms with Crippen molar-refractivity contribution < 1.29 is 9.59 Å². The summed E-state index contributed by atoms with van der Waals surface area (Å²) >= 11 is 0. The standard InChI is InChI=1S/C15H23N4O2/c1-2-4-14(20)19(11-7-9-17-10-8-11)13-6-3-5-12(18-13)15(16)21/h3,6,11,13,17-18H,2,4,7-10H2,1H3,(H2,16,21). The van der Waals surface area contributed by atoms with Gasteiger partial charge in [-0.15, -0.1) is 0 Å². The number of piperidine rings is 1. The SMILES string of the molecule is CCCC(=O)N(C1CCNCC1)C1C=C[C]=C(C(N)=O)N1. The summed E-state index contributed by atoms with van der Waals surface area (Å²) in [5, 5.41) is 6.32. The van der Waals surface area contributed by atoms with Gasteiger partial charge in [0, 0.05) is 18.5 Å². The van der Waals surface area contributed by atoms with Crippen LogP contribution in [0.1, 0.15) is 32.6 Å². The van der Waals surface area contributed by atoms with Gasteiger partial charge in [-0.05, 0) is 38.4 Å². The van der Waals surface area contributed by atoms with E-state index in [-0.39, 0.29) is 23.8 Å². The second kappa shape index (κ2) is 7.26. The third-order valence-corrected chi connectivity index (χ3v) is 3.80. The molecule has 2 amide bonds. The van der Waals surface area contributed by atoms with E-state index in [0.717, 1.165) is 32.4 Å². The number of primary amides is 1. The van der Waals surface area contributed by atoms with Crippen molar-refractivity contribution in [3.63, 3.8) is 0 Å². The molecule has 0 aromatic rings. The van der Waals surface area contributed by atoms with Crippen molar-refractivity contribution in [1.29, 1.82) is 0 Å². The van der Waals surface area contributed by atoms with Gasteiger partial charge in [0.1, 0.15) is 11.9 Å². The van der Waals surface area contributed by atoms with Crippen molar-refractivity contribution in [1.82, 2.24) is 15.5 Å². The molecule has 4 N–H and O–H groups in total. The van der Waals surface area contributed by atoms with E-state index in [2.05, 4.69) is 16.7 Å². The van der Waals surface area contributed by atoms with Crippen LogP contribution in [-0.2, 0) is 9.59 Å². The Hall–Kier alpha value is -1.82. The van der Waals surface area contributed by atoms with E-state index in [1.165, 1.54) is 0 Å². The van der Waals surface area contributed by atoms with Gasteiger partial charge in [-0.1, -0.05) is 13.0 Å². The summed E-state index contributed by atoms with van der Waals surface area (Å²) in [4.78, 5) is 25.7. The zero-order chi connectivity index (χ0) is 15.2. The van der Waals surface area contributed by atoms with Gasteiger partial charge in [0.05, 0.1) is 0 Å². The Morgan fingerprint density at radius 1 is 1.43 bits per heavy atom. The maximum Gasteiger partial charge on any atom is 0.265 e. The quantitative estimate of drug-likeness (QED) is 0.666. The second-order valence-corrected chi connectivity index (χ2v) is 5.36. The fraction of sp³-hybridized carbons (Fsp3) is 0.600. The number of carbonyl (C=O) groups is 2. The topological polar surface area (TPSA) is 87.5 Å². The van der Waals surface area contributed by atoms with Crippen molar-refractivity contribution in [2.75, 3.05) is 13.1 Å². The molecule has 115 valence electrons. The molecule has 0 bridgehead atoms. The molecule has 21 heavy (non-hydrogen) atoms. The summed E-state index contributed by atoms with van der Waals surface area (Å²) in [7, 11) is 0. The molecular formula is C15H23N4O2. The fourth-order valence-electron chi connectivity index (χ4n) is 2.78. The van der Waals surface area contributed by atoms with Crippen LogP contribution < -0.4 is 16.4 Å². The molecule has 2 rings (SSSR count). The molecule has 2 aliphatic rings. The van der Waals surface area contributed by atoms with E-state index < -0.39 is 5.91 Å². The Morgan fingerprint density at radius 3 is 2.76 bits per heavy atom. The zero-order valence-corrected chi connectivity index (χ0v) is 12.4. The Labute approximate surface area is 125 Å². The Morgan fingerprint density at radius 2 is 2.14 bits per heavy atom. The Kier molecular flexibility index (Phi) is 5.38. The fourth-order valence-corrected chi connectivity index (χ4v) is 2.78. The van der Waals surface area contributed by atoms with Gasteiger partial charge in [-0.2, -0.15) is 0 Å². The first-order chi connectivity index (χ1) is 10.1. The first kappa shape index (κ1) is 15.6. The Balaban J connectivity index is 2.15. The van der Waals surface area contributed by atoms with E-state index in [1.807, 2.05) is 17.9 Å². The number of nitrogens with two attached hydrogens (primary N) is 1. The number of rotatable bonds is 5. The van der Waals surface area contributed by atoms with E-state index in [0.29, 0.717) is 6.42 Å². The number of nitrogens with one attached hydrogen (secondary N) is 2. The van der Waals surface area contributed by atoms with E-state index in [1.54, 1.807) is 6.08 Å². The van der Waals surface area contributed by atoms with Crippen LogP contribution in [0.2, 0.25) is 0 Å². The van der Waals surface area contributed by atoms with Gasteiger partial charge in [0.15, 0.2) is 0 Å². The molecule has 0 saturated carbocycles. The highest BCUT2D eigenvalue weighted by molar-refractivity contribution is 5.91. The molecule has 0 aromatic carbocycles. The minimum Gasteiger partial charge on any atom is -0.364 e. The molecule has 6 nitrogen and oxygen atoms in total. The molecule has 1 fully saturated rings. The molecule has 1 atom stereocenters. The van der Waals surface area contributed by atoms with Crippen molar-refractivity contribution >= 4 is 11.8 Å². The average Bonchev–Trinajstić information content (AvgIpc) is 2.49. The highest BCUT2D eigenvalue weighted by Crippen LogP contribution is 2.19. The van der Waals surface area contributed by atoms with Crippen LogP contribution >= 0.6 is 0 Å². The minimum atomic E-state index is -0.558. The lowest BCUT2D eigenvalue weighted by atomic mass is 10.0. The summed E-state index contributed by atoms with van der Waals surface area (Å²) in [5.74, 6) is -0.449. The molecule has 2 aliphatic heterocycles. The predicted octanol–water partition coefficient (Wildman–Crippen LogP) is 0.0250. The minimum absolute atomic E-state index is 0.109. The molecule has 0 aliphatic carbocycles. The van der Waals surface area contributed by atoms with Crippen molar-refractivity contribution in [2.24, 2.45) is 5.73 Å². The Bertz CT molecular complexity index is 453. The number of allylic oxidation sites excluding steroid dienone is 2. The van der Waals surface area contributed by atoms with Crippen LogP contribution in [0.25, 0.3) is 0 Å². The zero-order valence-electron chi connectivity index (χ0n) is 12.4. The third kappa shape index (κ3) is 3.85. The van der Waals surface area contributed by atoms with Crippen molar-refractivity contribution in [3.8, 4) is 0 Å². The number of nitrogens with zero attached hydrogens (tertiary/aromatic N) is 1. The van der Waals surface area contributed by atoms with Crippen LogP contribution in [0.3, 0.4) is 0 Å². The first-order valence-corrected chi connectivity index (χ1v) is 7.52. The number of hydrogen-bond donors (Lipinski definition) is 3. The number of amides is 2. The van der Waals surface area contributed by atoms with Crippen molar-refractivity contribution in [2.45, 2.75) is 44.8 Å². The summed E-state index contributed by atoms with van der Waals surface area (Å²) in [6.07, 6.45) is 9.12. The van der Waals surface area contributed by atoms with Gasteiger partial charge in [-0.25, -0.2) is 0 Å². The largest absolute Gasteiger partial charge is 0.364 e. The van der Waals surface area contributed by atoms with E-state index in [4.69, 9.17) is 5.73 Å². The maximum absolute atomic E-state index is 12.5. The maximum atomic E-state index is 12.5. The average molecular weight is 291 g/mol. The highest BCUT2D eigenvalue weighted by atomic mass is 16.2. The lowest BCUT2D eigenvalue weighted by Crippen LogP contribution is -2.56. The van der Waals surface area contributed by atoms with Gasteiger partial charge < -0.3 is 21.3 Å². The molecule has 6 heteroatoms. The second-order valence-electron chi connectivity index (χ2n) is 5.36. The van der Waals surface area contributed by atoms with Crippen LogP contribution in [0.15, 0.2) is 17.8 Å². The summed E-state index contributed by atoms with van der Waals surface area (Å²) in [6, 6.07) is 0.180. The van der Waals surface area contributed by atoms with Gasteiger partial charge in [0.25, 0.3) is 5.91 Å². The molecule has 2 heterocycles. The highest BCUT2D eigenvalue weighted by Gasteiger charge is 2.31. The van der Waals surface area contributed by atoms with E-state index >= 15 is 0 Å². The first-order valence-electron chi connectivity index (χ1n) is 7.52.